The molecule has 2 aromatic rings. The topological polar surface area (TPSA) is 88.5 Å². The van der Waals surface area contributed by atoms with Gasteiger partial charge in [-0.3, -0.25) is 9.69 Å². The Bertz CT molecular complexity index is 709. The molecule has 1 saturated heterocycles. The van der Waals surface area contributed by atoms with Crippen LogP contribution in [0.15, 0.2) is 22.0 Å². The van der Waals surface area contributed by atoms with Gasteiger partial charge >= 0.3 is 0 Å². The van der Waals surface area contributed by atoms with Crippen molar-refractivity contribution in [2.75, 3.05) is 26.2 Å². The predicted octanol–water partition coefficient (Wildman–Crippen LogP) is 2.38. The van der Waals surface area contributed by atoms with Gasteiger partial charge in [-0.15, -0.1) is 11.3 Å². The molecule has 26 heavy (non-hydrogen) atoms. The molecular formula is C18H27N5O2S. The van der Waals surface area contributed by atoms with Gasteiger partial charge in [-0.05, 0) is 24.3 Å². The van der Waals surface area contributed by atoms with Crippen molar-refractivity contribution in [3.05, 3.63) is 23.4 Å². The fourth-order valence-corrected chi connectivity index (χ4v) is 3.75. The van der Waals surface area contributed by atoms with Crippen LogP contribution in [-0.2, 0) is 4.79 Å². The maximum atomic E-state index is 12.5. The van der Waals surface area contributed by atoms with E-state index in [2.05, 4.69) is 28.9 Å². The molecule has 2 N–H and O–H groups in total. The van der Waals surface area contributed by atoms with E-state index < -0.39 is 6.04 Å². The number of aromatic nitrogens is 2. The van der Waals surface area contributed by atoms with Crippen LogP contribution in [0.3, 0.4) is 0 Å². The van der Waals surface area contributed by atoms with Gasteiger partial charge < -0.3 is 15.2 Å². The molecule has 0 aromatic carbocycles. The van der Waals surface area contributed by atoms with Gasteiger partial charge in [-0.1, -0.05) is 31.5 Å². The quantitative estimate of drug-likeness (QED) is 0.831. The summed E-state index contributed by atoms with van der Waals surface area (Å²) in [5.41, 5.74) is 6.10. The van der Waals surface area contributed by atoms with E-state index in [4.69, 9.17) is 10.3 Å². The van der Waals surface area contributed by atoms with E-state index in [1.165, 1.54) is 0 Å². The first-order valence-corrected chi connectivity index (χ1v) is 10.0. The van der Waals surface area contributed by atoms with Crippen LogP contribution in [0.2, 0.25) is 0 Å². The third kappa shape index (κ3) is 3.97. The van der Waals surface area contributed by atoms with Crippen LogP contribution in [-0.4, -0.2) is 58.1 Å². The number of carbonyl (C=O) groups is 1. The lowest BCUT2D eigenvalue weighted by molar-refractivity contribution is -0.135. The fourth-order valence-electron chi connectivity index (χ4n) is 3.10. The van der Waals surface area contributed by atoms with Gasteiger partial charge in [0.1, 0.15) is 0 Å². The van der Waals surface area contributed by atoms with Gasteiger partial charge in [0.2, 0.25) is 17.6 Å². The summed E-state index contributed by atoms with van der Waals surface area (Å²) in [5, 5.41) is 6.08. The predicted molar refractivity (Wildman–Crippen MR) is 102 cm³/mol. The number of carbonyl (C=O) groups excluding carboxylic acids is 1. The van der Waals surface area contributed by atoms with E-state index in [9.17, 15) is 4.79 Å². The Hall–Kier alpha value is -1.77. The van der Waals surface area contributed by atoms with Gasteiger partial charge in [0.15, 0.2) is 0 Å². The number of piperazine rings is 1. The third-order valence-electron chi connectivity index (χ3n) is 5.26. The molecule has 3 heterocycles. The summed E-state index contributed by atoms with van der Waals surface area (Å²) < 4.78 is 5.47. The summed E-state index contributed by atoms with van der Waals surface area (Å²) in [6.45, 7) is 9.06. The molecule has 1 fully saturated rings. The third-order valence-corrected chi connectivity index (χ3v) is 6.12. The highest BCUT2D eigenvalue weighted by molar-refractivity contribution is 7.13. The maximum Gasteiger partial charge on any atom is 0.244 e. The molecule has 0 bridgehead atoms. The molecule has 1 aliphatic heterocycles. The van der Waals surface area contributed by atoms with Crippen molar-refractivity contribution in [1.29, 1.82) is 0 Å². The average Bonchev–Trinajstić information content (AvgIpc) is 3.37. The Morgan fingerprint density at radius 1 is 1.35 bits per heavy atom. The second-order valence-corrected chi connectivity index (χ2v) is 7.83. The van der Waals surface area contributed by atoms with Crippen molar-refractivity contribution < 1.29 is 9.32 Å². The fraction of sp³-hybridized carbons (Fsp3) is 0.611. The normalized spacial score (nSPS) is 19.3. The SMILES string of the molecule is CCC(C)C(N)C(=O)N1CCN(C(C)c2nc(-c3cccs3)no2)CC1. The molecule has 7 nitrogen and oxygen atoms in total. The lowest BCUT2D eigenvalue weighted by atomic mass is 9.98. The second-order valence-electron chi connectivity index (χ2n) is 6.88. The molecule has 1 amide bonds. The van der Waals surface area contributed by atoms with Crippen LogP contribution in [0.5, 0.6) is 0 Å². The summed E-state index contributed by atoms with van der Waals surface area (Å²) in [6.07, 6.45) is 0.910. The zero-order valence-corrected chi connectivity index (χ0v) is 16.4. The molecule has 0 saturated carbocycles. The van der Waals surface area contributed by atoms with E-state index >= 15 is 0 Å². The lowest BCUT2D eigenvalue weighted by Crippen LogP contribution is -2.54. The van der Waals surface area contributed by atoms with Gasteiger partial charge in [0, 0.05) is 26.2 Å². The average molecular weight is 378 g/mol. The molecular weight excluding hydrogens is 350 g/mol. The zero-order chi connectivity index (χ0) is 18.7. The molecule has 1 aliphatic rings. The monoisotopic (exact) mass is 377 g/mol. The Kier molecular flexibility index (Phi) is 6.05. The lowest BCUT2D eigenvalue weighted by Gasteiger charge is -2.38. The first-order valence-electron chi connectivity index (χ1n) is 9.17. The number of nitrogens with two attached hydrogens (primary N) is 1. The number of thiophene rings is 1. The van der Waals surface area contributed by atoms with Gasteiger partial charge in [0.05, 0.1) is 17.0 Å². The summed E-state index contributed by atoms with van der Waals surface area (Å²) in [4.78, 5) is 22.2. The molecule has 0 radical (unpaired) electrons. The summed E-state index contributed by atoms with van der Waals surface area (Å²) >= 11 is 1.59. The molecule has 2 aromatic heterocycles. The first kappa shape index (κ1) is 19.0. The summed E-state index contributed by atoms with van der Waals surface area (Å²) in [6, 6.07) is 3.57. The van der Waals surface area contributed by atoms with Crippen LogP contribution in [0.1, 0.15) is 39.1 Å². The van der Waals surface area contributed by atoms with Gasteiger partial charge in [-0.2, -0.15) is 4.98 Å². The largest absolute Gasteiger partial charge is 0.339 e. The molecule has 0 spiro atoms. The van der Waals surface area contributed by atoms with Crippen LogP contribution in [0.4, 0.5) is 0 Å². The van der Waals surface area contributed by atoms with Crippen molar-refractivity contribution in [2.45, 2.75) is 39.3 Å². The minimum atomic E-state index is -0.409. The number of hydrogen-bond donors (Lipinski definition) is 1. The van der Waals surface area contributed by atoms with E-state index in [-0.39, 0.29) is 17.9 Å². The maximum absolute atomic E-state index is 12.5. The highest BCUT2D eigenvalue weighted by Gasteiger charge is 2.31. The van der Waals surface area contributed by atoms with E-state index in [0.29, 0.717) is 24.8 Å². The van der Waals surface area contributed by atoms with Crippen molar-refractivity contribution in [2.24, 2.45) is 11.7 Å². The van der Waals surface area contributed by atoms with Crippen molar-refractivity contribution in [3.8, 4) is 10.7 Å². The first-order chi connectivity index (χ1) is 12.5. The highest BCUT2D eigenvalue weighted by atomic mass is 32.1. The van der Waals surface area contributed by atoms with Crippen molar-refractivity contribution in [3.63, 3.8) is 0 Å². The van der Waals surface area contributed by atoms with Crippen LogP contribution < -0.4 is 5.73 Å². The Morgan fingerprint density at radius 2 is 2.08 bits per heavy atom. The van der Waals surface area contributed by atoms with Gasteiger partial charge in [-0.25, -0.2) is 0 Å². The Balaban J connectivity index is 1.57. The summed E-state index contributed by atoms with van der Waals surface area (Å²) in [7, 11) is 0. The number of rotatable bonds is 6. The second kappa shape index (κ2) is 8.28. The molecule has 142 valence electrons. The number of nitrogens with zero attached hydrogens (tertiary/aromatic N) is 4. The van der Waals surface area contributed by atoms with E-state index in [1.54, 1.807) is 11.3 Å². The number of hydrogen-bond acceptors (Lipinski definition) is 7. The summed E-state index contributed by atoms with van der Waals surface area (Å²) in [5.74, 6) is 1.51. The van der Waals surface area contributed by atoms with Crippen molar-refractivity contribution in [1.82, 2.24) is 19.9 Å². The minimum Gasteiger partial charge on any atom is -0.339 e. The van der Waals surface area contributed by atoms with Crippen LogP contribution >= 0.6 is 11.3 Å². The minimum absolute atomic E-state index is 0.0247. The Labute approximate surface area is 158 Å². The Morgan fingerprint density at radius 3 is 2.69 bits per heavy atom. The smallest absolute Gasteiger partial charge is 0.244 e. The number of amides is 1. The van der Waals surface area contributed by atoms with Crippen molar-refractivity contribution >= 4 is 17.2 Å². The molecule has 3 unspecified atom stereocenters. The molecule has 0 aliphatic carbocycles. The molecule has 8 heteroatoms. The molecule has 3 atom stereocenters. The van der Waals surface area contributed by atoms with E-state index in [0.717, 1.165) is 24.4 Å². The van der Waals surface area contributed by atoms with Gasteiger partial charge in [0.25, 0.3) is 0 Å². The van der Waals surface area contributed by atoms with E-state index in [1.807, 2.05) is 29.3 Å². The highest BCUT2D eigenvalue weighted by Crippen LogP contribution is 2.26. The standard InChI is InChI=1S/C18H27N5O2S/c1-4-12(2)15(19)18(24)23-9-7-22(8-10-23)13(3)17-20-16(21-25-17)14-6-5-11-26-14/h5-6,11-13,15H,4,7-10,19H2,1-3H3. The van der Waals surface area contributed by atoms with Crippen LogP contribution in [0, 0.1) is 5.92 Å². The molecule has 3 rings (SSSR count). The zero-order valence-electron chi connectivity index (χ0n) is 15.6. The van der Waals surface area contributed by atoms with Crippen LogP contribution in [0.25, 0.3) is 10.7 Å².